The summed E-state index contributed by atoms with van der Waals surface area (Å²) >= 11 is 0. The predicted octanol–water partition coefficient (Wildman–Crippen LogP) is 0.789. The molecule has 0 bridgehead atoms. The molecule has 0 aliphatic carbocycles. The topological polar surface area (TPSA) is 72.5 Å². The number of ether oxygens (including phenoxy) is 1. The Hall–Kier alpha value is -1.62. The predicted molar refractivity (Wildman–Crippen MR) is 52.3 cm³/mol. The van der Waals surface area contributed by atoms with Crippen LogP contribution in [0.4, 0.5) is 4.39 Å². The van der Waals surface area contributed by atoms with Crippen LogP contribution in [0.3, 0.4) is 0 Å². The Labute approximate surface area is 86.5 Å². The summed E-state index contributed by atoms with van der Waals surface area (Å²) in [6.45, 7) is 0. The molecule has 1 rings (SSSR count). The molecule has 0 heterocycles. The van der Waals surface area contributed by atoms with Crippen LogP contribution in [0.5, 0.6) is 5.75 Å². The van der Waals surface area contributed by atoms with Crippen molar-refractivity contribution in [2.45, 2.75) is 12.5 Å². The van der Waals surface area contributed by atoms with E-state index >= 15 is 0 Å². The van der Waals surface area contributed by atoms with E-state index in [-0.39, 0.29) is 12.2 Å². The number of carbonyl (C=O) groups is 1. The molecule has 0 aliphatic rings. The first-order chi connectivity index (χ1) is 7.04. The zero-order chi connectivity index (χ0) is 11.4. The lowest BCUT2D eigenvalue weighted by molar-refractivity contribution is -0.138. The summed E-state index contributed by atoms with van der Waals surface area (Å²) in [7, 11) is 1.36. The van der Waals surface area contributed by atoms with Crippen molar-refractivity contribution in [2.75, 3.05) is 7.11 Å². The molecule has 1 aromatic rings. The quantitative estimate of drug-likeness (QED) is 0.775. The van der Waals surface area contributed by atoms with E-state index in [1.165, 1.54) is 19.2 Å². The molecule has 0 radical (unpaired) electrons. The van der Waals surface area contributed by atoms with Gasteiger partial charge in [0.2, 0.25) is 0 Å². The van der Waals surface area contributed by atoms with Gasteiger partial charge in [-0.15, -0.1) is 0 Å². The molecule has 1 unspecified atom stereocenters. The van der Waals surface area contributed by atoms with E-state index in [4.69, 9.17) is 15.6 Å². The van der Waals surface area contributed by atoms with Gasteiger partial charge in [0.15, 0.2) is 11.6 Å². The maximum absolute atomic E-state index is 13.2. The first kappa shape index (κ1) is 11.5. The van der Waals surface area contributed by atoms with E-state index in [0.29, 0.717) is 5.56 Å². The van der Waals surface area contributed by atoms with Crippen molar-refractivity contribution < 1.29 is 19.0 Å². The third-order valence-corrected chi connectivity index (χ3v) is 1.99. The fourth-order valence-electron chi connectivity index (χ4n) is 1.18. The van der Waals surface area contributed by atoms with E-state index in [1.54, 1.807) is 6.07 Å². The zero-order valence-electron chi connectivity index (χ0n) is 8.24. The molecule has 1 atom stereocenters. The van der Waals surface area contributed by atoms with E-state index in [9.17, 15) is 9.18 Å². The molecule has 0 saturated heterocycles. The lowest BCUT2D eigenvalue weighted by atomic mass is 10.1. The summed E-state index contributed by atoms with van der Waals surface area (Å²) in [4.78, 5) is 10.5. The number of carboxylic acid groups (broad SMARTS) is 1. The van der Waals surface area contributed by atoms with Crippen molar-refractivity contribution in [3.05, 3.63) is 29.6 Å². The van der Waals surface area contributed by atoms with Crippen LogP contribution in [-0.4, -0.2) is 24.2 Å². The molecular weight excluding hydrogens is 201 g/mol. The monoisotopic (exact) mass is 213 g/mol. The summed E-state index contributed by atoms with van der Waals surface area (Å²) < 4.78 is 17.9. The minimum atomic E-state index is -1.11. The molecule has 0 fully saturated rings. The highest BCUT2D eigenvalue weighted by atomic mass is 19.1. The number of carboxylic acids is 1. The summed E-state index contributed by atoms with van der Waals surface area (Å²) in [6, 6.07) is 3.24. The van der Waals surface area contributed by atoms with Crippen LogP contribution in [0, 0.1) is 5.82 Å². The zero-order valence-corrected chi connectivity index (χ0v) is 8.24. The van der Waals surface area contributed by atoms with Gasteiger partial charge in [-0.05, 0) is 24.1 Å². The fourth-order valence-corrected chi connectivity index (χ4v) is 1.18. The van der Waals surface area contributed by atoms with Gasteiger partial charge in [0.25, 0.3) is 0 Å². The lowest BCUT2D eigenvalue weighted by Gasteiger charge is -2.07. The van der Waals surface area contributed by atoms with Crippen LogP contribution >= 0.6 is 0 Å². The highest BCUT2D eigenvalue weighted by Crippen LogP contribution is 2.18. The molecule has 0 amide bonds. The normalized spacial score (nSPS) is 12.2. The molecule has 4 nitrogen and oxygen atoms in total. The van der Waals surface area contributed by atoms with Gasteiger partial charge >= 0.3 is 5.97 Å². The van der Waals surface area contributed by atoms with E-state index in [0.717, 1.165) is 0 Å². The van der Waals surface area contributed by atoms with Gasteiger partial charge in [0.05, 0.1) is 7.11 Å². The molecule has 0 aromatic heterocycles. The molecule has 15 heavy (non-hydrogen) atoms. The molecular formula is C10H12FNO3. The summed E-state index contributed by atoms with van der Waals surface area (Å²) in [6.07, 6.45) is 0.0935. The van der Waals surface area contributed by atoms with Crippen LogP contribution in [0.25, 0.3) is 0 Å². The minimum absolute atomic E-state index is 0.0935. The summed E-state index contributed by atoms with van der Waals surface area (Å²) in [5, 5.41) is 8.57. The third kappa shape index (κ3) is 2.92. The van der Waals surface area contributed by atoms with Crippen molar-refractivity contribution in [3.63, 3.8) is 0 Å². The van der Waals surface area contributed by atoms with Crippen LogP contribution in [0.15, 0.2) is 18.2 Å². The highest BCUT2D eigenvalue weighted by Gasteiger charge is 2.13. The highest BCUT2D eigenvalue weighted by molar-refractivity contribution is 5.73. The molecule has 82 valence electrons. The molecule has 3 N–H and O–H groups in total. The van der Waals surface area contributed by atoms with Crippen LogP contribution < -0.4 is 10.5 Å². The Morgan fingerprint density at radius 3 is 2.80 bits per heavy atom. The molecule has 5 heteroatoms. The van der Waals surface area contributed by atoms with Crippen LogP contribution in [-0.2, 0) is 11.2 Å². The third-order valence-electron chi connectivity index (χ3n) is 1.99. The number of hydrogen-bond donors (Lipinski definition) is 2. The van der Waals surface area contributed by atoms with Crippen LogP contribution in [0.2, 0.25) is 0 Å². The molecule has 0 aliphatic heterocycles. The van der Waals surface area contributed by atoms with Crippen molar-refractivity contribution in [1.29, 1.82) is 0 Å². The first-order valence-electron chi connectivity index (χ1n) is 4.35. The number of rotatable bonds is 4. The average Bonchev–Trinajstić information content (AvgIpc) is 2.18. The fraction of sp³-hybridized carbons (Fsp3) is 0.300. The standard InChI is InChI=1S/C10H12FNO3/c1-15-9-3-2-6(4-7(9)11)5-8(12)10(13)14/h2-4,8H,5,12H2,1H3,(H,13,14). The van der Waals surface area contributed by atoms with Crippen LogP contribution in [0.1, 0.15) is 5.56 Å². The SMILES string of the molecule is COc1ccc(CC(N)C(=O)O)cc1F. The molecule has 0 spiro atoms. The van der Waals surface area contributed by atoms with Gasteiger partial charge in [0.1, 0.15) is 6.04 Å². The second kappa shape index (κ2) is 4.75. The molecule has 0 saturated carbocycles. The van der Waals surface area contributed by atoms with Crippen molar-refractivity contribution >= 4 is 5.97 Å². The Balaban J connectivity index is 2.79. The van der Waals surface area contributed by atoms with Gasteiger partial charge in [-0.3, -0.25) is 4.79 Å². The van der Waals surface area contributed by atoms with Crippen molar-refractivity contribution in [1.82, 2.24) is 0 Å². The van der Waals surface area contributed by atoms with E-state index in [1.807, 2.05) is 0 Å². The second-order valence-corrected chi connectivity index (χ2v) is 3.12. The van der Waals surface area contributed by atoms with E-state index < -0.39 is 17.8 Å². The van der Waals surface area contributed by atoms with Gasteiger partial charge in [0, 0.05) is 0 Å². The largest absolute Gasteiger partial charge is 0.494 e. The lowest BCUT2D eigenvalue weighted by Crippen LogP contribution is -2.32. The number of aliphatic carboxylic acids is 1. The summed E-state index contributed by atoms with van der Waals surface area (Å²) in [5.74, 6) is -1.50. The van der Waals surface area contributed by atoms with Gasteiger partial charge in [-0.1, -0.05) is 6.07 Å². The van der Waals surface area contributed by atoms with Gasteiger partial charge in [-0.25, -0.2) is 4.39 Å². The van der Waals surface area contributed by atoms with Crippen molar-refractivity contribution in [2.24, 2.45) is 5.73 Å². The minimum Gasteiger partial charge on any atom is -0.494 e. The number of halogens is 1. The number of benzene rings is 1. The van der Waals surface area contributed by atoms with Gasteiger partial charge in [-0.2, -0.15) is 0 Å². The average molecular weight is 213 g/mol. The first-order valence-corrected chi connectivity index (χ1v) is 4.35. The maximum Gasteiger partial charge on any atom is 0.320 e. The number of hydrogen-bond acceptors (Lipinski definition) is 3. The van der Waals surface area contributed by atoms with E-state index in [2.05, 4.69) is 0 Å². The number of nitrogens with two attached hydrogens (primary N) is 1. The Morgan fingerprint density at radius 2 is 2.33 bits per heavy atom. The molecule has 1 aromatic carbocycles. The smallest absolute Gasteiger partial charge is 0.320 e. The Kier molecular flexibility index (Phi) is 3.62. The summed E-state index contributed by atoms with van der Waals surface area (Å²) in [5.41, 5.74) is 5.85. The Morgan fingerprint density at radius 1 is 1.67 bits per heavy atom. The second-order valence-electron chi connectivity index (χ2n) is 3.12. The maximum atomic E-state index is 13.2. The Bertz CT molecular complexity index is 368. The number of methoxy groups -OCH3 is 1. The van der Waals surface area contributed by atoms with Gasteiger partial charge < -0.3 is 15.6 Å². The van der Waals surface area contributed by atoms with Crippen molar-refractivity contribution in [3.8, 4) is 5.75 Å².